The minimum absolute atomic E-state index is 0.112. The third-order valence-electron chi connectivity index (χ3n) is 7.03. The molecule has 120 valence electrons. The minimum Gasteiger partial charge on any atom is -0.351 e. The Labute approximate surface area is 129 Å². The van der Waals surface area contributed by atoms with Crippen molar-refractivity contribution in [2.24, 2.45) is 28.4 Å². The van der Waals surface area contributed by atoms with E-state index in [9.17, 15) is 4.79 Å². The fourth-order valence-corrected chi connectivity index (χ4v) is 5.74. The van der Waals surface area contributed by atoms with Gasteiger partial charge in [-0.1, -0.05) is 40.5 Å². The van der Waals surface area contributed by atoms with Crippen LogP contribution in [0.25, 0.3) is 0 Å². The smallest absolute Gasteiger partial charge is 0.240 e. The Morgan fingerprint density at radius 1 is 1.14 bits per heavy atom. The second-order valence-corrected chi connectivity index (χ2v) is 9.18. The Kier molecular flexibility index (Phi) is 3.44. The van der Waals surface area contributed by atoms with Crippen LogP contribution in [0.5, 0.6) is 0 Å². The van der Waals surface area contributed by atoms with E-state index in [0.717, 1.165) is 25.2 Å². The first-order valence-electron chi connectivity index (χ1n) is 8.77. The summed E-state index contributed by atoms with van der Waals surface area (Å²) in [4.78, 5) is 12.9. The monoisotopic (exact) mass is 292 g/mol. The van der Waals surface area contributed by atoms with E-state index in [1.807, 2.05) is 0 Å². The van der Waals surface area contributed by atoms with Crippen LogP contribution in [0.4, 0.5) is 0 Å². The number of carbonyl (C=O) groups excluding carboxylic acids is 1. The molecule has 0 aromatic heterocycles. The van der Waals surface area contributed by atoms with Gasteiger partial charge in [0.05, 0.1) is 5.54 Å². The van der Waals surface area contributed by atoms with Crippen molar-refractivity contribution in [1.82, 2.24) is 5.32 Å². The van der Waals surface area contributed by atoms with Crippen LogP contribution in [-0.4, -0.2) is 17.5 Å². The summed E-state index contributed by atoms with van der Waals surface area (Å²) in [5.41, 5.74) is 6.34. The topological polar surface area (TPSA) is 55.1 Å². The number of nitrogens with one attached hydrogen (secondary N) is 1. The minimum atomic E-state index is -0.633. The molecule has 3 nitrogen and oxygen atoms in total. The molecule has 0 aromatic rings. The molecule has 0 aromatic carbocycles. The lowest BCUT2D eigenvalue weighted by Crippen LogP contribution is -2.62. The predicted molar refractivity (Wildman–Crippen MR) is 85.7 cm³/mol. The first-order chi connectivity index (χ1) is 9.67. The third kappa shape index (κ3) is 2.32. The Bertz CT molecular complexity index is 442. The van der Waals surface area contributed by atoms with Crippen molar-refractivity contribution in [2.75, 3.05) is 0 Å². The molecule has 3 fully saturated rings. The summed E-state index contributed by atoms with van der Waals surface area (Å²) in [5.74, 6) is 1.44. The summed E-state index contributed by atoms with van der Waals surface area (Å²) in [6, 6.07) is 0.286. The zero-order valence-electron chi connectivity index (χ0n) is 14.2. The molecule has 3 rings (SSSR count). The van der Waals surface area contributed by atoms with Gasteiger partial charge in [0.2, 0.25) is 5.91 Å². The van der Waals surface area contributed by atoms with Gasteiger partial charge in [-0.2, -0.15) is 0 Å². The van der Waals surface area contributed by atoms with Gasteiger partial charge in [-0.05, 0) is 54.8 Å². The first-order valence-corrected chi connectivity index (χ1v) is 8.77. The number of rotatable bonds is 2. The SMILES string of the molecule is CC1CCCC(N)(C(=O)NC2C3(C)CCC(C3)C2(C)C)C1. The molecular weight excluding hydrogens is 260 g/mol. The fourth-order valence-electron chi connectivity index (χ4n) is 5.74. The first kappa shape index (κ1) is 15.3. The quantitative estimate of drug-likeness (QED) is 0.821. The van der Waals surface area contributed by atoms with E-state index in [2.05, 4.69) is 33.0 Å². The summed E-state index contributed by atoms with van der Waals surface area (Å²) >= 11 is 0. The molecule has 3 aliphatic rings. The standard InChI is InChI=1S/C18H32N2O/c1-12-6-5-8-18(19,10-12)15(21)20-14-16(2,3)13-7-9-17(14,4)11-13/h12-14H,5-11,19H2,1-4H3,(H,20,21). The van der Waals surface area contributed by atoms with Gasteiger partial charge < -0.3 is 11.1 Å². The van der Waals surface area contributed by atoms with E-state index in [-0.39, 0.29) is 22.8 Å². The van der Waals surface area contributed by atoms with Crippen LogP contribution >= 0.6 is 0 Å². The average Bonchev–Trinajstić information content (AvgIpc) is 2.85. The lowest BCUT2D eigenvalue weighted by Gasteiger charge is -2.45. The Morgan fingerprint density at radius 2 is 1.86 bits per heavy atom. The van der Waals surface area contributed by atoms with E-state index in [4.69, 9.17) is 5.73 Å². The van der Waals surface area contributed by atoms with Crippen LogP contribution < -0.4 is 11.1 Å². The van der Waals surface area contributed by atoms with Crippen LogP contribution in [0.15, 0.2) is 0 Å². The van der Waals surface area contributed by atoms with E-state index < -0.39 is 5.54 Å². The number of nitrogens with two attached hydrogens (primary N) is 1. The molecule has 3 N–H and O–H groups in total. The molecule has 3 aliphatic carbocycles. The van der Waals surface area contributed by atoms with Crippen molar-refractivity contribution in [3.63, 3.8) is 0 Å². The van der Waals surface area contributed by atoms with E-state index in [0.29, 0.717) is 5.92 Å². The van der Waals surface area contributed by atoms with Crippen LogP contribution in [0.3, 0.4) is 0 Å². The van der Waals surface area contributed by atoms with Crippen LogP contribution in [0.2, 0.25) is 0 Å². The van der Waals surface area contributed by atoms with Crippen molar-refractivity contribution in [3.8, 4) is 0 Å². The zero-order chi connectivity index (χ0) is 15.5. The second-order valence-electron chi connectivity index (χ2n) is 9.18. The van der Waals surface area contributed by atoms with Gasteiger partial charge in [-0.15, -0.1) is 0 Å². The van der Waals surface area contributed by atoms with E-state index >= 15 is 0 Å². The molecule has 1 amide bonds. The van der Waals surface area contributed by atoms with Crippen molar-refractivity contribution in [3.05, 3.63) is 0 Å². The summed E-state index contributed by atoms with van der Waals surface area (Å²) < 4.78 is 0. The molecule has 0 aliphatic heterocycles. The zero-order valence-corrected chi connectivity index (χ0v) is 14.2. The molecule has 5 unspecified atom stereocenters. The van der Waals surface area contributed by atoms with Crippen LogP contribution in [0.1, 0.15) is 72.6 Å². The van der Waals surface area contributed by atoms with Crippen molar-refractivity contribution < 1.29 is 4.79 Å². The molecule has 0 radical (unpaired) electrons. The number of fused-ring (bicyclic) bond motifs is 2. The van der Waals surface area contributed by atoms with E-state index in [1.165, 1.54) is 25.7 Å². The van der Waals surface area contributed by atoms with Gasteiger partial charge in [-0.25, -0.2) is 0 Å². The number of carbonyl (C=O) groups is 1. The normalized spacial score (nSPS) is 48.3. The van der Waals surface area contributed by atoms with Gasteiger partial charge in [0.1, 0.15) is 0 Å². The van der Waals surface area contributed by atoms with Gasteiger partial charge >= 0.3 is 0 Å². The second kappa shape index (κ2) is 4.71. The third-order valence-corrected chi connectivity index (χ3v) is 7.03. The molecule has 3 heteroatoms. The van der Waals surface area contributed by atoms with Crippen molar-refractivity contribution >= 4 is 5.91 Å². The highest BCUT2D eigenvalue weighted by Crippen LogP contribution is 2.62. The Hall–Kier alpha value is -0.570. The lowest BCUT2D eigenvalue weighted by atomic mass is 9.68. The van der Waals surface area contributed by atoms with Gasteiger partial charge in [0, 0.05) is 6.04 Å². The summed E-state index contributed by atoms with van der Waals surface area (Å²) in [5, 5.41) is 3.41. The Morgan fingerprint density at radius 3 is 2.43 bits per heavy atom. The molecule has 3 saturated carbocycles. The highest BCUT2D eigenvalue weighted by molar-refractivity contribution is 5.86. The maximum atomic E-state index is 12.9. The summed E-state index contributed by atoms with van der Waals surface area (Å²) in [6.07, 6.45) is 7.81. The molecular formula is C18H32N2O. The maximum Gasteiger partial charge on any atom is 0.240 e. The van der Waals surface area contributed by atoms with Crippen molar-refractivity contribution in [1.29, 1.82) is 0 Å². The number of amides is 1. The Balaban J connectivity index is 1.75. The highest BCUT2D eigenvalue weighted by Gasteiger charge is 2.60. The fraction of sp³-hybridized carbons (Fsp3) is 0.944. The van der Waals surface area contributed by atoms with Crippen molar-refractivity contribution in [2.45, 2.75) is 84.2 Å². The molecule has 0 spiro atoms. The maximum absolute atomic E-state index is 12.9. The molecule has 2 bridgehead atoms. The number of hydrogen-bond donors (Lipinski definition) is 2. The van der Waals surface area contributed by atoms with Crippen LogP contribution in [-0.2, 0) is 4.79 Å². The number of hydrogen-bond acceptors (Lipinski definition) is 2. The molecule has 21 heavy (non-hydrogen) atoms. The predicted octanol–water partition coefficient (Wildman–Crippen LogP) is 3.23. The van der Waals surface area contributed by atoms with Gasteiger partial charge in [-0.3, -0.25) is 4.79 Å². The van der Waals surface area contributed by atoms with E-state index in [1.54, 1.807) is 0 Å². The summed E-state index contributed by atoms with van der Waals surface area (Å²) in [7, 11) is 0. The highest BCUT2D eigenvalue weighted by atomic mass is 16.2. The van der Waals surface area contributed by atoms with Gasteiger partial charge in [0.15, 0.2) is 0 Å². The molecule has 0 saturated heterocycles. The molecule has 0 heterocycles. The molecule has 5 atom stereocenters. The lowest BCUT2D eigenvalue weighted by molar-refractivity contribution is -0.131. The van der Waals surface area contributed by atoms with Crippen LogP contribution in [0, 0.1) is 22.7 Å². The summed E-state index contributed by atoms with van der Waals surface area (Å²) in [6.45, 7) is 9.25. The average molecular weight is 292 g/mol. The largest absolute Gasteiger partial charge is 0.351 e. The van der Waals surface area contributed by atoms with Gasteiger partial charge in [0.25, 0.3) is 0 Å².